The lowest BCUT2D eigenvalue weighted by Crippen LogP contribution is -2.20. The van der Waals surface area contributed by atoms with Gasteiger partial charge in [-0.3, -0.25) is 9.59 Å². The number of primary amides is 1. The number of amides is 2. The first kappa shape index (κ1) is 15.4. The predicted molar refractivity (Wildman–Crippen MR) is 82.1 cm³/mol. The molecule has 6 nitrogen and oxygen atoms in total. The van der Waals surface area contributed by atoms with E-state index >= 15 is 0 Å². The second-order valence-corrected chi connectivity index (χ2v) is 4.43. The molecule has 0 unspecified atom stereocenters. The number of rotatable bonds is 6. The van der Waals surface area contributed by atoms with Gasteiger partial charge in [-0.25, -0.2) is 0 Å². The average Bonchev–Trinajstić information content (AvgIpc) is 2.53. The molecule has 114 valence electrons. The molecule has 0 heterocycles. The highest BCUT2D eigenvalue weighted by molar-refractivity contribution is 5.94. The maximum absolute atomic E-state index is 11.9. The number of nitrogens with two attached hydrogens (primary N) is 1. The van der Waals surface area contributed by atoms with Gasteiger partial charge in [0.05, 0.1) is 12.8 Å². The van der Waals surface area contributed by atoms with Crippen LogP contribution in [0.25, 0.3) is 0 Å². The molecule has 0 spiro atoms. The van der Waals surface area contributed by atoms with E-state index in [2.05, 4.69) is 5.32 Å². The number of benzene rings is 2. The van der Waals surface area contributed by atoms with Gasteiger partial charge in [-0.05, 0) is 30.3 Å². The zero-order valence-corrected chi connectivity index (χ0v) is 12.0. The minimum Gasteiger partial charge on any atom is -0.495 e. The van der Waals surface area contributed by atoms with E-state index < -0.39 is 5.91 Å². The van der Waals surface area contributed by atoms with Crippen LogP contribution in [0.2, 0.25) is 0 Å². The molecule has 0 aliphatic heterocycles. The standard InChI is InChI=1S/C16H16N2O4/c1-21-14-8-3-2-7-13(14)18-15(19)10-22-12-6-4-5-11(9-12)16(17)20/h2-9H,10H2,1H3,(H2,17,20)(H,18,19). The average molecular weight is 300 g/mol. The Morgan fingerprint density at radius 2 is 1.91 bits per heavy atom. The van der Waals surface area contributed by atoms with Crippen LogP contribution >= 0.6 is 0 Å². The fourth-order valence-corrected chi connectivity index (χ4v) is 1.82. The van der Waals surface area contributed by atoms with Gasteiger partial charge in [0, 0.05) is 5.56 Å². The Kier molecular flexibility index (Phi) is 4.98. The van der Waals surface area contributed by atoms with Gasteiger partial charge >= 0.3 is 0 Å². The molecule has 2 aromatic rings. The summed E-state index contributed by atoms with van der Waals surface area (Å²) in [5.41, 5.74) is 6.07. The maximum Gasteiger partial charge on any atom is 0.262 e. The molecule has 0 aliphatic rings. The number of ether oxygens (including phenoxy) is 2. The van der Waals surface area contributed by atoms with Crippen LogP contribution in [0.3, 0.4) is 0 Å². The summed E-state index contributed by atoms with van der Waals surface area (Å²) in [5, 5.41) is 2.69. The third kappa shape index (κ3) is 3.99. The fourth-order valence-electron chi connectivity index (χ4n) is 1.82. The molecule has 2 amide bonds. The van der Waals surface area contributed by atoms with Gasteiger partial charge in [0.1, 0.15) is 11.5 Å². The van der Waals surface area contributed by atoms with Crippen LogP contribution in [-0.2, 0) is 4.79 Å². The molecule has 0 atom stereocenters. The molecule has 0 fully saturated rings. The van der Waals surface area contributed by atoms with Gasteiger partial charge in [-0.15, -0.1) is 0 Å². The Bertz CT molecular complexity index is 685. The minimum absolute atomic E-state index is 0.194. The quantitative estimate of drug-likeness (QED) is 0.851. The van der Waals surface area contributed by atoms with Crippen molar-refractivity contribution in [1.29, 1.82) is 0 Å². The maximum atomic E-state index is 11.9. The Morgan fingerprint density at radius 3 is 2.64 bits per heavy atom. The van der Waals surface area contributed by atoms with Crippen LogP contribution in [0.1, 0.15) is 10.4 Å². The number of hydrogen-bond donors (Lipinski definition) is 2. The van der Waals surface area contributed by atoms with Gasteiger partial charge in [0.15, 0.2) is 6.61 Å². The monoisotopic (exact) mass is 300 g/mol. The number of para-hydroxylation sites is 2. The van der Waals surface area contributed by atoms with Crippen molar-refractivity contribution in [3.8, 4) is 11.5 Å². The van der Waals surface area contributed by atoms with Crippen molar-refractivity contribution in [3.63, 3.8) is 0 Å². The van der Waals surface area contributed by atoms with Crippen molar-refractivity contribution in [1.82, 2.24) is 0 Å². The van der Waals surface area contributed by atoms with Crippen molar-refractivity contribution in [2.24, 2.45) is 5.73 Å². The van der Waals surface area contributed by atoms with E-state index in [1.54, 1.807) is 42.5 Å². The van der Waals surface area contributed by atoms with Crippen LogP contribution in [0.4, 0.5) is 5.69 Å². The number of anilines is 1. The van der Waals surface area contributed by atoms with Crippen molar-refractivity contribution in [3.05, 3.63) is 54.1 Å². The first-order valence-electron chi connectivity index (χ1n) is 6.55. The summed E-state index contributed by atoms with van der Waals surface area (Å²) >= 11 is 0. The van der Waals surface area contributed by atoms with E-state index in [0.717, 1.165) is 0 Å². The summed E-state index contributed by atoms with van der Waals surface area (Å²) in [4.78, 5) is 23.0. The van der Waals surface area contributed by atoms with Gasteiger partial charge in [0.2, 0.25) is 5.91 Å². The Hall–Kier alpha value is -3.02. The zero-order valence-electron chi connectivity index (χ0n) is 12.0. The van der Waals surface area contributed by atoms with Crippen LogP contribution in [0.5, 0.6) is 11.5 Å². The highest BCUT2D eigenvalue weighted by Crippen LogP contribution is 2.22. The molecule has 0 saturated heterocycles. The molecule has 0 saturated carbocycles. The van der Waals surface area contributed by atoms with Crippen molar-refractivity contribution in [2.75, 3.05) is 19.0 Å². The molecule has 3 N–H and O–H groups in total. The highest BCUT2D eigenvalue weighted by Gasteiger charge is 2.08. The fraction of sp³-hybridized carbons (Fsp3) is 0.125. The molecular weight excluding hydrogens is 284 g/mol. The lowest BCUT2D eigenvalue weighted by atomic mass is 10.2. The molecule has 0 aliphatic carbocycles. The number of nitrogens with one attached hydrogen (secondary N) is 1. The van der Waals surface area contributed by atoms with E-state index in [4.69, 9.17) is 15.2 Å². The van der Waals surface area contributed by atoms with Crippen LogP contribution in [0.15, 0.2) is 48.5 Å². The van der Waals surface area contributed by atoms with Crippen molar-refractivity contribution >= 4 is 17.5 Å². The van der Waals surface area contributed by atoms with Gasteiger partial charge in [-0.1, -0.05) is 18.2 Å². The Morgan fingerprint density at radius 1 is 1.14 bits per heavy atom. The molecular formula is C16H16N2O4. The van der Waals surface area contributed by atoms with Crippen LogP contribution in [0, 0.1) is 0 Å². The van der Waals surface area contributed by atoms with E-state index in [-0.39, 0.29) is 12.5 Å². The topological polar surface area (TPSA) is 90.7 Å². The number of carbonyl (C=O) groups is 2. The minimum atomic E-state index is -0.552. The molecule has 0 bridgehead atoms. The smallest absolute Gasteiger partial charge is 0.262 e. The number of hydrogen-bond acceptors (Lipinski definition) is 4. The SMILES string of the molecule is COc1ccccc1NC(=O)COc1cccc(C(N)=O)c1. The third-order valence-electron chi connectivity index (χ3n) is 2.87. The second-order valence-electron chi connectivity index (χ2n) is 4.43. The first-order valence-corrected chi connectivity index (χ1v) is 6.55. The Balaban J connectivity index is 1.95. The lowest BCUT2D eigenvalue weighted by Gasteiger charge is -2.10. The molecule has 2 aromatic carbocycles. The molecule has 0 aromatic heterocycles. The second kappa shape index (κ2) is 7.12. The van der Waals surface area contributed by atoms with E-state index in [0.29, 0.717) is 22.7 Å². The highest BCUT2D eigenvalue weighted by atomic mass is 16.5. The summed E-state index contributed by atoms with van der Waals surface area (Å²) in [7, 11) is 1.52. The van der Waals surface area contributed by atoms with Crippen molar-refractivity contribution in [2.45, 2.75) is 0 Å². The number of carbonyl (C=O) groups excluding carboxylic acids is 2. The summed E-state index contributed by atoms with van der Waals surface area (Å²) in [6.07, 6.45) is 0. The molecule has 6 heteroatoms. The lowest BCUT2D eigenvalue weighted by molar-refractivity contribution is -0.118. The largest absolute Gasteiger partial charge is 0.495 e. The van der Waals surface area contributed by atoms with Gasteiger partial charge in [0.25, 0.3) is 5.91 Å². The molecule has 22 heavy (non-hydrogen) atoms. The third-order valence-corrected chi connectivity index (χ3v) is 2.87. The van der Waals surface area contributed by atoms with E-state index in [9.17, 15) is 9.59 Å². The van der Waals surface area contributed by atoms with Gasteiger partial charge in [-0.2, -0.15) is 0 Å². The van der Waals surface area contributed by atoms with E-state index in [1.165, 1.54) is 13.2 Å². The van der Waals surface area contributed by atoms with E-state index in [1.807, 2.05) is 0 Å². The Labute approximate surface area is 127 Å². The van der Waals surface area contributed by atoms with Crippen molar-refractivity contribution < 1.29 is 19.1 Å². The summed E-state index contributed by atoms with van der Waals surface area (Å²) < 4.78 is 10.5. The summed E-state index contributed by atoms with van der Waals surface area (Å²) in [6.45, 7) is -0.194. The summed E-state index contributed by atoms with van der Waals surface area (Å²) in [6, 6.07) is 13.4. The van der Waals surface area contributed by atoms with Gasteiger partial charge < -0.3 is 20.5 Å². The molecule has 2 rings (SSSR count). The normalized spacial score (nSPS) is 9.86. The first-order chi connectivity index (χ1) is 10.6. The predicted octanol–water partition coefficient (Wildman–Crippen LogP) is 1.81. The molecule has 0 radical (unpaired) electrons. The zero-order chi connectivity index (χ0) is 15.9. The summed E-state index contributed by atoms with van der Waals surface area (Å²) in [5.74, 6) is 0.0657. The van der Waals surface area contributed by atoms with Crippen LogP contribution < -0.4 is 20.5 Å². The number of methoxy groups -OCH3 is 1. The van der Waals surface area contributed by atoms with Crippen LogP contribution in [-0.4, -0.2) is 25.5 Å².